The molecule has 144 valence electrons. The van der Waals surface area contributed by atoms with E-state index in [2.05, 4.69) is 4.99 Å². The van der Waals surface area contributed by atoms with Crippen molar-refractivity contribution in [1.29, 1.82) is 0 Å². The Balaban J connectivity index is 1.63. The van der Waals surface area contributed by atoms with Crippen LogP contribution in [0.2, 0.25) is 0 Å². The highest BCUT2D eigenvalue weighted by Crippen LogP contribution is 2.31. The van der Waals surface area contributed by atoms with Crippen molar-refractivity contribution in [2.75, 3.05) is 13.2 Å². The number of carbonyl (C=O) groups excluding carboxylic acids is 2. The van der Waals surface area contributed by atoms with E-state index in [4.69, 9.17) is 14.2 Å². The molecule has 0 saturated heterocycles. The third-order valence-corrected chi connectivity index (χ3v) is 5.40. The summed E-state index contributed by atoms with van der Waals surface area (Å²) >= 11 is 1.32. The minimum Gasteiger partial charge on any atom is -0.485 e. The Morgan fingerprint density at radius 1 is 1.25 bits per heavy atom. The van der Waals surface area contributed by atoms with Gasteiger partial charge in [0.05, 0.1) is 22.4 Å². The number of benzene rings is 2. The number of carbonyl (C=O) groups is 2. The molecule has 0 spiro atoms. The van der Waals surface area contributed by atoms with Crippen molar-refractivity contribution >= 4 is 33.4 Å². The molecule has 0 radical (unpaired) electrons. The van der Waals surface area contributed by atoms with Gasteiger partial charge in [0.1, 0.15) is 6.61 Å². The lowest BCUT2D eigenvalue weighted by Crippen LogP contribution is -2.36. The van der Waals surface area contributed by atoms with E-state index in [1.807, 2.05) is 29.8 Å². The average molecular weight is 398 g/mol. The van der Waals surface area contributed by atoms with Gasteiger partial charge in [0, 0.05) is 7.05 Å². The first-order valence-corrected chi connectivity index (χ1v) is 9.62. The Bertz CT molecular complexity index is 1130. The molecular formula is C20H18N2O5S. The van der Waals surface area contributed by atoms with Crippen LogP contribution in [-0.4, -0.2) is 35.8 Å². The average Bonchev–Trinajstić information content (AvgIpc) is 3.02. The second kappa shape index (κ2) is 7.47. The summed E-state index contributed by atoms with van der Waals surface area (Å²) in [7, 11) is 1.82. The summed E-state index contributed by atoms with van der Waals surface area (Å²) in [5.74, 6) is 0.358. The summed E-state index contributed by atoms with van der Waals surface area (Å²) in [6.45, 7) is 2.19. The van der Waals surface area contributed by atoms with Crippen LogP contribution in [0.4, 0.5) is 0 Å². The number of ether oxygens (including phenoxy) is 3. The van der Waals surface area contributed by atoms with Crippen molar-refractivity contribution in [3.8, 4) is 11.5 Å². The highest BCUT2D eigenvalue weighted by molar-refractivity contribution is 7.16. The summed E-state index contributed by atoms with van der Waals surface area (Å²) in [6, 6.07) is 12.5. The fourth-order valence-corrected chi connectivity index (χ4v) is 3.95. The molecule has 7 nitrogen and oxygen atoms in total. The van der Waals surface area contributed by atoms with Crippen LogP contribution in [0.1, 0.15) is 17.3 Å². The molecule has 8 heteroatoms. The second-order valence-corrected chi connectivity index (χ2v) is 7.17. The molecule has 1 amide bonds. The first kappa shape index (κ1) is 18.2. The van der Waals surface area contributed by atoms with Gasteiger partial charge >= 0.3 is 5.97 Å². The van der Waals surface area contributed by atoms with Crippen LogP contribution in [0.25, 0.3) is 10.2 Å². The monoisotopic (exact) mass is 398 g/mol. The molecule has 0 bridgehead atoms. The number of esters is 1. The van der Waals surface area contributed by atoms with Crippen molar-refractivity contribution in [3.05, 3.63) is 52.8 Å². The summed E-state index contributed by atoms with van der Waals surface area (Å²) < 4.78 is 19.0. The minimum atomic E-state index is -0.796. The van der Waals surface area contributed by atoms with Crippen LogP contribution in [0, 0.1) is 0 Å². The lowest BCUT2D eigenvalue weighted by atomic mass is 10.2. The molecule has 1 atom stereocenters. The van der Waals surface area contributed by atoms with E-state index in [1.165, 1.54) is 11.3 Å². The van der Waals surface area contributed by atoms with Crippen LogP contribution in [-0.2, 0) is 16.6 Å². The summed E-state index contributed by atoms with van der Waals surface area (Å²) in [5, 5.41) is 0. The van der Waals surface area contributed by atoms with E-state index in [-0.39, 0.29) is 12.6 Å². The van der Waals surface area contributed by atoms with E-state index >= 15 is 0 Å². The van der Waals surface area contributed by atoms with Crippen LogP contribution < -0.4 is 14.3 Å². The van der Waals surface area contributed by atoms with Crippen molar-refractivity contribution in [2.45, 2.75) is 13.0 Å². The summed E-state index contributed by atoms with van der Waals surface area (Å²) in [5.41, 5.74) is 1.34. The Morgan fingerprint density at radius 3 is 2.82 bits per heavy atom. The topological polar surface area (TPSA) is 79.1 Å². The number of aryl methyl sites for hydroxylation is 1. The molecular weight excluding hydrogens is 380 g/mol. The van der Waals surface area contributed by atoms with Gasteiger partial charge in [-0.25, -0.2) is 4.79 Å². The third-order valence-electron chi connectivity index (χ3n) is 4.31. The van der Waals surface area contributed by atoms with Crippen LogP contribution in [0.15, 0.2) is 47.5 Å². The first-order valence-electron chi connectivity index (χ1n) is 8.80. The lowest BCUT2D eigenvalue weighted by Gasteiger charge is -2.23. The molecule has 28 heavy (non-hydrogen) atoms. The quantitative estimate of drug-likeness (QED) is 0.634. The van der Waals surface area contributed by atoms with Crippen LogP contribution in [0.3, 0.4) is 0 Å². The number of rotatable bonds is 3. The SMILES string of the molecule is CCOC(=O)c1ccc2c(c1)sc(=NC(=O)C1COc3ccccc3O1)n2C. The third kappa shape index (κ3) is 3.38. The van der Waals surface area contributed by atoms with Gasteiger partial charge in [-0.05, 0) is 37.3 Å². The molecule has 0 saturated carbocycles. The Kier molecular flexibility index (Phi) is 4.87. The highest BCUT2D eigenvalue weighted by Gasteiger charge is 2.27. The number of nitrogens with zero attached hydrogens (tertiary/aromatic N) is 2. The fraction of sp³-hybridized carbons (Fsp3) is 0.250. The number of fused-ring (bicyclic) bond motifs is 2. The van der Waals surface area contributed by atoms with Gasteiger partial charge in [-0.2, -0.15) is 4.99 Å². The second-order valence-electron chi connectivity index (χ2n) is 6.16. The Hall–Kier alpha value is -3.13. The van der Waals surface area contributed by atoms with Gasteiger partial charge in [0.2, 0.25) is 6.10 Å². The Morgan fingerprint density at radius 2 is 2.04 bits per heavy atom. The maximum absolute atomic E-state index is 12.6. The molecule has 1 aromatic heterocycles. The molecule has 1 unspecified atom stereocenters. The van der Waals surface area contributed by atoms with Gasteiger partial charge in [0.25, 0.3) is 5.91 Å². The lowest BCUT2D eigenvalue weighted by molar-refractivity contribution is -0.127. The normalized spacial score (nSPS) is 16.2. The fourth-order valence-electron chi connectivity index (χ4n) is 2.89. The molecule has 1 aliphatic rings. The number of thiazole rings is 1. The van der Waals surface area contributed by atoms with E-state index < -0.39 is 12.0 Å². The van der Waals surface area contributed by atoms with E-state index in [1.54, 1.807) is 31.2 Å². The predicted octanol–water partition coefficient (Wildman–Crippen LogP) is 2.68. The van der Waals surface area contributed by atoms with Crippen LogP contribution >= 0.6 is 11.3 Å². The molecule has 0 aliphatic carbocycles. The molecule has 2 aromatic carbocycles. The molecule has 0 N–H and O–H groups in total. The number of para-hydroxylation sites is 2. The molecule has 4 rings (SSSR count). The van der Waals surface area contributed by atoms with Crippen LogP contribution in [0.5, 0.6) is 11.5 Å². The number of hydrogen-bond donors (Lipinski definition) is 0. The number of hydrogen-bond acceptors (Lipinski definition) is 6. The summed E-state index contributed by atoms with van der Waals surface area (Å²) in [6.07, 6.45) is -0.796. The van der Waals surface area contributed by atoms with Crippen molar-refractivity contribution in [2.24, 2.45) is 12.0 Å². The zero-order valence-corrected chi connectivity index (χ0v) is 16.2. The maximum Gasteiger partial charge on any atom is 0.338 e. The molecule has 1 aliphatic heterocycles. The van der Waals surface area contributed by atoms with Gasteiger partial charge in [-0.1, -0.05) is 23.5 Å². The first-order chi connectivity index (χ1) is 13.6. The standard InChI is InChI=1S/C20H18N2O5S/c1-3-25-19(24)12-8-9-13-17(10-12)28-20(22(13)2)21-18(23)16-11-26-14-6-4-5-7-15(14)27-16/h4-10,16H,3,11H2,1-2H3. The molecule has 3 aromatic rings. The molecule has 2 heterocycles. The van der Waals surface area contributed by atoms with E-state index in [0.717, 1.165) is 10.2 Å². The minimum absolute atomic E-state index is 0.112. The van der Waals surface area contributed by atoms with Gasteiger partial charge in [0.15, 0.2) is 16.3 Å². The smallest absolute Gasteiger partial charge is 0.338 e. The van der Waals surface area contributed by atoms with Crippen molar-refractivity contribution in [1.82, 2.24) is 4.57 Å². The zero-order valence-electron chi connectivity index (χ0n) is 15.4. The highest BCUT2D eigenvalue weighted by atomic mass is 32.1. The summed E-state index contributed by atoms with van der Waals surface area (Å²) in [4.78, 5) is 29.3. The van der Waals surface area contributed by atoms with Crippen molar-refractivity contribution < 1.29 is 23.8 Å². The zero-order chi connectivity index (χ0) is 19.7. The maximum atomic E-state index is 12.6. The van der Waals surface area contributed by atoms with E-state index in [9.17, 15) is 9.59 Å². The predicted molar refractivity (Wildman–Crippen MR) is 104 cm³/mol. The van der Waals surface area contributed by atoms with Gasteiger partial charge in [-0.15, -0.1) is 0 Å². The van der Waals surface area contributed by atoms with Gasteiger partial charge in [-0.3, -0.25) is 4.79 Å². The Labute approximate surface area is 164 Å². The van der Waals surface area contributed by atoms with Crippen molar-refractivity contribution in [3.63, 3.8) is 0 Å². The number of aromatic nitrogens is 1. The largest absolute Gasteiger partial charge is 0.485 e. The van der Waals surface area contributed by atoms with E-state index in [0.29, 0.717) is 28.5 Å². The van der Waals surface area contributed by atoms with Gasteiger partial charge < -0.3 is 18.8 Å². The molecule has 0 fully saturated rings. The number of amides is 1.